The van der Waals surface area contributed by atoms with Gasteiger partial charge in [0.1, 0.15) is 11.5 Å². The Morgan fingerprint density at radius 2 is 1.70 bits per heavy atom. The first-order chi connectivity index (χ1) is 9.65. The van der Waals surface area contributed by atoms with E-state index >= 15 is 0 Å². The molecule has 20 heavy (non-hydrogen) atoms. The zero-order valence-electron chi connectivity index (χ0n) is 11.7. The van der Waals surface area contributed by atoms with Crippen LogP contribution in [0.25, 0.3) is 0 Å². The van der Waals surface area contributed by atoms with Gasteiger partial charge in [-0.15, -0.1) is 0 Å². The van der Waals surface area contributed by atoms with Crippen molar-refractivity contribution >= 4 is 5.78 Å². The lowest BCUT2D eigenvalue weighted by atomic mass is 9.88. The smallest absolute Gasteiger partial charge is 0.170 e. The number of ketones is 1. The van der Waals surface area contributed by atoms with Crippen LogP contribution in [0.4, 0.5) is 0 Å². The first-order valence-electron chi connectivity index (χ1n) is 6.63. The van der Waals surface area contributed by atoms with Crippen molar-refractivity contribution in [2.75, 3.05) is 7.11 Å². The number of phenolic OH excluding ortho intramolecular Hbond substituents is 1. The Morgan fingerprint density at radius 1 is 1.10 bits per heavy atom. The van der Waals surface area contributed by atoms with Gasteiger partial charge in [-0.3, -0.25) is 4.79 Å². The van der Waals surface area contributed by atoms with Gasteiger partial charge in [0.05, 0.1) is 7.11 Å². The molecule has 0 aliphatic carbocycles. The minimum Gasteiger partial charge on any atom is -0.508 e. The van der Waals surface area contributed by atoms with E-state index in [9.17, 15) is 9.90 Å². The fourth-order valence-electron chi connectivity index (χ4n) is 2.24. The minimum atomic E-state index is -0.191. The highest BCUT2D eigenvalue weighted by atomic mass is 16.5. The van der Waals surface area contributed by atoms with Crippen LogP contribution in [-0.2, 0) is 0 Å². The van der Waals surface area contributed by atoms with Crippen LogP contribution in [0.15, 0.2) is 48.5 Å². The molecule has 0 amide bonds. The molecule has 0 spiro atoms. The van der Waals surface area contributed by atoms with Gasteiger partial charge in [-0.25, -0.2) is 0 Å². The van der Waals surface area contributed by atoms with E-state index in [0.717, 1.165) is 17.7 Å². The molecule has 1 unspecified atom stereocenters. The lowest BCUT2D eigenvalue weighted by molar-refractivity contribution is 0.0957. The number of hydrogen-bond acceptors (Lipinski definition) is 3. The van der Waals surface area contributed by atoms with Crippen molar-refractivity contribution in [1.29, 1.82) is 0 Å². The summed E-state index contributed by atoms with van der Waals surface area (Å²) in [5.41, 5.74) is 1.59. The van der Waals surface area contributed by atoms with Crippen LogP contribution in [-0.4, -0.2) is 18.0 Å². The van der Waals surface area contributed by atoms with Crippen LogP contribution < -0.4 is 4.74 Å². The lowest BCUT2D eigenvalue weighted by Crippen LogP contribution is -2.12. The summed E-state index contributed by atoms with van der Waals surface area (Å²) in [5, 5.41) is 9.33. The van der Waals surface area contributed by atoms with Crippen molar-refractivity contribution in [3.63, 3.8) is 0 Å². The van der Waals surface area contributed by atoms with E-state index in [-0.39, 0.29) is 17.5 Å². The zero-order chi connectivity index (χ0) is 14.5. The Bertz CT molecular complexity index is 570. The molecule has 1 N–H and O–H groups in total. The average molecular weight is 270 g/mol. The van der Waals surface area contributed by atoms with Gasteiger partial charge in [0.2, 0.25) is 0 Å². The number of ether oxygens (including phenoxy) is 1. The van der Waals surface area contributed by atoms with Gasteiger partial charge in [-0.1, -0.05) is 19.1 Å². The van der Waals surface area contributed by atoms with Gasteiger partial charge >= 0.3 is 0 Å². The highest BCUT2D eigenvalue weighted by molar-refractivity contribution is 6.01. The summed E-state index contributed by atoms with van der Waals surface area (Å²) >= 11 is 0. The summed E-state index contributed by atoms with van der Waals surface area (Å²) < 4.78 is 5.09. The first-order valence-corrected chi connectivity index (χ1v) is 6.63. The fourth-order valence-corrected chi connectivity index (χ4v) is 2.24. The predicted octanol–water partition coefficient (Wildman–Crippen LogP) is 3.78. The summed E-state index contributed by atoms with van der Waals surface area (Å²) in [7, 11) is 1.60. The van der Waals surface area contributed by atoms with Crippen molar-refractivity contribution in [2.45, 2.75) is 19.3 Å². The minimum absolute atomic E-state index is 0.0841. The predicted molar refractivity (Wildman–Crippen MR) is 78.5 cm³/mol. The Morgan fingerprint density at radius 3 is 2.20 bits per heavy atom. The van der Waals surface area contributed by atoms with E-state index in [4.69, 9.17) is 4.74 Å². The molecule has 0 saturated carbocycles. The number of methoxy groups -OCH3 is 1. The number of benzene rings is 2. The molecule has 0 heterocycles. The third kappa shape index (κ3) is 2.99. The third-order valence-corrected chi connectivity index (χ3v) is 3.39. The van der Waals surface area contributed by atoms with E-state index in [2.05, 4.69) is 0 Å². The SMILES string of the molecule is CCC(C(=O)c1ccc(OC)cc1)c1ccc(O)cc1. The quantitative estimate of drug-likeness (QED) is 0.841. The van der Waals surface area contributed by atoms with Crippen molar-refractivity contribution in [2.24, 2.45) is 0 Å². The standard InChI is InChI=1S/C17H18O3/c1-3-16(12-4-8-14(18)9-5-12)17(19)13-6-10-15(20-2)11-7-13/h4-11,16,18H,3H2,1-2H3. The highest BCUT2D eigenvalue weighted by Gasteiger charge is 2.20. The van der Waals surface area contributed by atoms with E-state index in [0.29, 0.717) is 5.56 Å². The van der Waals surface area contributed by atoms with Crippen LogP contribution in [0.2, 0.25) is 0 Å². The second-order valence-corrected chi connectivity index (χ2v) is 4.65. The number of hydrogen-bond donors (Lipinski definition) is 1. The van der Waals surface area contributed by atoms with E-state index < -0.39 is 0 Å². The molecule has 2 rings (SSSR count). The molecule has 2 aromatic rings. The molecule has 2 aromatic carbocycles. The number of carbonyl (C=O) groups excluding carboxylic acids is 1. The summed E-state index contributed by atoms with van der Waals surface area (Å²) in [6.45, 7) is 1.99. The molecule has 104 valence electrons. The molecule has 0 aliphatic rings. The molecule has 3 nitrogen and oxygen atoms in total. The fraction of sp³-hybridized carbons (Fsp3) is 0.235. The largest absolute Gasteiger partial charge is 0.508 e. The number of rotatable bonds is 5. The maximum atomic E-state index is 12.6. The number of phenols is 1. The maximum Gasteiger partial charge on any atom is 0.170 e. The molecular formula is C17H18O3. The number of aromatic hydroxyl groups is 1. The maximum absolute atomic E-state index is 12.6. The Kier molecular flexibility index (Phi) is 4.41. The van der Waals surface area contributed by atoms with Crippen molar-refractivity contribution in [1.82, 2.24) is 0 Å². The molecule has 3 heteroatoms. The van der Waals surface area contributed by atoms with Gasteiger partial charge in [-0.2, -0.15) is 0 Å². The Labute approximate surface area is 118 Å². The van der Waals surface area contributed by atoms with Crippen molar-refractivity contribution < 1.29 is 14.6 Å². The van der Waals surface area contributed by atoms with Crippen LogP contribution in [0.5, 0.6) is 11.5 Å². The van der Waals surface area contributed by atoms with Gasteiger partial charge in [0.15, 0.2) is 5.78 Å². The summed E-state index contributed by atoms with van der Waals surface area (Å²) in [5.74, 6) is 0.838. The van der Waals surface area contributed by atoms with Crippen LogP contribution >= 0.6 is 0 Å². The molecule has 1 atom stereocenters. The molecule has 0 bridgehead atoms. The van der Waals surface area contributed by atoms with Crippen LogP contribution in [0, 0.1) is 0 Å². The van der Waals surface area contributed by atoms with Gasteiger partial charge in [0.25, 0.3) is 0 Å². The van der Waals surface area contributed by atoms with Crippen LogP contribution in [0.1, 0.15) is 35.2 Å². The molecule has 0 saturated heterocycles. The third-order valence-electron chi connectivity index (χ3n) is 3.39. The van der Waals surface area contributed by atoms with E-state index in [1.807, 2.05) is 6.92 Å². The highest BCUT2D eigenvalue weighted by Crippen LogP contribution is 2.26. The summed E-state index contributed by atoms with van der Waals surface area (Å²) in [6.07, 6.45) is 0.718. The molecule has 0 aromatic heterocycles. The Balaban J connectivity index is 2.26. The van der Waals surface area contributed by atoms with Gasteiger partial charge < -0.3 is 9.84 Å². The molecule has 0 fully saturated rings. The second kappa shape index (κ2) is 6.24. The van der Waals surface area contributed by atoms with Crippen molar-refractivity contribution in [3.8, 4) is 11.5 Å². The Hall–Kier alpha value is -2.29. The van der Waals surface area contributed by atoms with E-state index in [1.54, 1.807) is 55.6 Å². The molecule has 0 radical (unpaired) electrons. The second-order valence-electron chi connectivity index (χ2n) is 4.65. The molecular weight excluding hydrogens is 252 g/mol. The first kappa shape index (κ1) is 14.1. The number of carbonyl (C=O) groups is 1. The topological polar surface area (TPSA) is 46.5 Å². The monoisotopic (exact) mass is 270 g/mol. The molecule has 0 aliphatic heterocycles. The zero-order valence-corrected chi connectivity index (χ0v) is 11.7. The van der Waals surface area contributed by atoms with Gasteiger partial charge in [-0.05, 0) is 48.4 Å². The summed E-state index contributed by atoms with van der Waals surface area (Å²) in [6, 6.07) is 14.0. The van der Waals surface area contributed by atoms with Crippen molar-refractivity contribution in [3.05, 3.63) is 59.7 Å². The average Bonchev–Trinajstić information content (AvgIpc) is 2.50. The van der Waals surface area contributed by atoms with Crippen LogP contribution in [0.3, 0.4) is 0 Å². The van der Waals surface area contributed by atoms with Gasteiger partial charge in [0, 0.05) is 11.5 Å². The van der Waals surface area contributed by atoms with E-state index in [1.165, 1.54) is 0 Å². The lowest BCUT2D eigenvalue weighted by Gasteiger charge is -2.14. The number of Topliss-reactive ketones (excluding diaryl/α,β-unsaturated/α-hetero) is 1. The summed E-state index contributed by atoms with van der Waals surface area (Å²) in [4.78, 5) is 12.6. The normalized spacial score (nSPS) is 11.9.